The minimum absolute atomic E-state index is 0.203. The van der Waals surface area contributed by atoms with Crippen molar-refractivity contribution in [2.45, 2.75) is 68.0 Å². The SMILES string of the molecule is CC(CN(C1CCOCC1c1ccc(-c2ccc(F)cc2C#N)cc1)S(=O)(=O)C(C)C)S(=O)(=O)NC1CCOCC1c1ccc(-c2ccc(C#N)cc2)cc1. The highest BCUT2D eigenvalue weighted by Gasteiger charge is 2.42. The molecule has 5 unspecified atom stereocenters. The average Bonchev–Trinajstić information content (AvgIpc) is 3.20. The number of nitriles is 2. The summed E-state index contributed by atoms with van der Waals surface area (Å²) in [5.41, 5.74) is 5.71. The van der Waals surface area contributed by atoms with Crippen molar-refractivity contribution in [3.05, 3.63) is 119 Å². The Bertz CT molecular complexity index is 2270. The van der Waals surface area contributed by atoms with Crippen molar-refractivity contribution < 1.29 is 30.7 Å². The number of benzene rings is 4. The van der Waals surface area contributed by atoms with Crippen molar-refractivity contribution in [3.63, 3.8) is 0 Å². The third kappa shape index (κ3) is 9.00. The molecule has 2 fully saturated rings. The van der Waals surface area contributed by atoms with Gasteiger partial charge in [0.25, 0.3) is 0 Å². The molecule has 2 saturated heterocycles. The zero-order chi connectivity index (χ0) is 39.3. The predicted molar refractivity (Wildman–Crippen MR) is 209 cm³/mol. The fourth-order valence-corrected chi connectivity index (χ4v) is 10.4. The lowest BCUT2D eigenvalue weighted by Gasteiger charge is -2.41. The van der Waals surface area contributed by atoms with Gasteiger partial charge in [-0.15, -0.1) is 0 Å². The maximum Gasteiger partial charge on any atom is 0.216 e. The molecule has 4 aromatic carbocycles. The first-order valence-corrected chi connectivity index (χ1v) is 21.4. The van der Waals surface area contributed by atoms with E-state index >= 15 is 0 Å². The van der Waals surface area contributed by atoms with Crippen LogP contribution in [-0.2, 0) is 29.5 Å². The smallest absolute Gasteiger partial charge is 0.216 e. The monoisotopic (exact) mass is 784 g/mol. The van der Waals surface area contributed by atoms with Gasteiger partial charge in [0.05, 0.1) is 47.0 Å². The van der Waals surface area contributed by atoms with E-state index in [4.69, 9.17) is 14.7 Å². The second-order valence-corrected chi connectivity index (χ2v) is 19.1. The number of hydrogen-bond acceptors (Lipinski definition) is 8. The van der Waals surface area contributed by atoms with Gasteiger partial charge in [0.2, 0.25) is 20.0 Å². The molecule has 2 heterocycles. The molecule has 1 N–H and O–H groups in total. The fraction of sp³-hybridized carbons (Fsp3) is 0.381. The standard InChI is InChI=1S/C42H45FN4O6S2/c1-28(2)55(50,51)47(42-19-21-53-27-40(42)35-14-12-33(13-15-35)38-17-16-37(43)22-36(38)24-45)25-29(3)54(48,49)46-41-18-20-52-26-39(41)34-10-8-32(9-11-34)31-6-4-30(23-44)5-7-31/h4-17,22,28-29,39-42,46H,18-21,25-27H2,1-3H3. The quantitative estimate of drug-likeness (QED) is 0.167. The molecular formula is C42H45FN4O6S2. The lowest BCUT2D eigenvalue weighted by molar-refractivity contribution is 0.0393. The first kappa shape index (κ1) is 40.2. The third-order valence-electron chi connectivity index (χ3n) is 10.7. The van der Waals surface area contributed by atoms with Crippen LogP contribution in [0.2, 0.25) is 0 Å². The van der Waals surface area contributed by atoms with Gasteiger partial charge >= 0.3 is 0 Å². The minimum Gasteiger partial charge on any atom is -0.381 e. The van der Waals surface area contributed by atoms with Crippen LogP contribution in [0.5, 0.6) is 0 Å². The van der Waals surface area contributed by atoms with Gasteiger partial charge in [-0.2, -0.15) is 14.8 Å². The van der Waals surface area contributed by atoms with Crippen LogP contribution in [0.15, 0.2) is 91.0 Å². The Hall–Kier alpha value is -4.47. The van der Waals surface area contributed by atoms with E-state index < -0.39 is 54.4 Å². The Balaban J connectivity index is 1.22. The average molecular weight is 785 g/mol. The molecule has 0 spiro atoms. The second kappa shape index (κ2) is 17.1. The number of rotatable bonds is 12. The molecule has 2 aliphatic rings. The van der Waals surface area contributed by atoms with Gasteiger partial charge in [0, 0.05) is 43.7 Å². The molecule has 13 heteroatoms. The van der Waals surface area contributed by atoms with Crippen molar-refractivity contribution in [2.24, 2.45) is 0 Å². The molecule has 10 nitrogen and oxygen atoms in total. The minimum atomic E-state index is -4.03. The van der Waals surface area contributed by atoms with Crippen LogP contribution >= 0.6 is 0 Å². The Morgan fingerprint density at radius 3 is 1.93 bits per heavy atom. The first-order chi connectivity index (χ1) is 26.3. The normalized spacial score (nSPS) is 21.2. The summed E-state index contributed by atoms with van der Waals surface area (Å²) in [4.78, 5) is 0. The van der Waals surface area contributed by atoms with Crippen molar-refractivity contribution in [3.8, 4) is 34.4 Å². The highest BCUT2D eigenvalue weighted by atomic mass is 32.2. The molecule has 0 amide bonds. The number of ether oxygens (including phenoxy) is 2. The number of sulfonamides is 2. The summed E-state index contributed by atoms with van der Waals surface area (Å²) in [5, 5.41) is 16.8. The zero-order valence-corrected chi connectivity index (χ0v) is 32.7. The van der Waals surface area contributed by atoms with Gasteiger partial charge < -0.3 is 9.47 Å². The van der Waals surface area contributed by atoms with E-state index in [-0.39, 0.29) is 24.6 Å². The van der Waals surface area contributed by atoms with Gasteiger partial charge in [0.15, 0.2) is 0 Å². The van der Waals surface area contributed by atoms with E-state index in [0.717, 1.165) is 22.3 Å². The van der Waals surface area contributed by atoms with Crippen LogP contribution in [0.4, 0.5) is 4.39 Å². The van der Waals surface area contributed by atoms with Gasteiger partial charge in [-0.25, -0.2) is 25.9 Å². The largest absolute Gasteiger partial charge is 0.381 e. The predicted octanol–water partition coefficient (Wildman–Crippen LogP) is 6.70. The van der Waals surface area contributed by atoms with Crippen LogP contribution in [0, 0.1) is 28.5 Å². The Morgan fingerprint density at radius 1 is 0.764 bits per heavy atom. The van der Waals surface area contributed by atoms with E-state index in [0.29, 0.717) is 49.4 Å². The molecule has 6 rings (SSSR count). The summed E-state index contributed by atoms with van der Waals surface area (Å²) in [6.45, 7) is 5.76. The summed E-state index contributed by atoms with van der Waals surface area (Å²) < 4.78 is 86.2. The molecule has 0 radical (unpaired) electrons. The van der Waals surface area contributed by atoms with Crippen LogP contribution in [0.25, 0.3) is 22.3 Å². The summed E-state index contributed by atoms with van der Waals surface area (Å²) in [5.74, 6) is -1.16. The number of halogens is 1. The molecule has 4 aromatic rings. The highest BCUT2D eigenvalue weighted by Crippen LogP contribution is 2.35. The summed E-state index contributed by atoms with van der Waals surface area (Å²) in [6.07, 6.45) is 0.823. The maximum atomic E-state index is 14.1. The maximum absolute atomic E-state index is 14.1. The molecule has 0 aromatic heterocycles. The van der Waals surface area contributed by atoms with Crippen molar-refractivity contribution in [1.29, 1.82) is 10.5 Å². The fourth-order valence-electron chi connectivity index (χ4n) is 7.41. The van der Waals surface area contributed by atoms with Gasteiger partial charge in [-0.05, 0) is 91.3 Å². The zero-order valence-electron chi connectivity index (χ0n) is 31.1. The van der Waals surface area contributed by atoms with E-state index in [1.165, 1.54) is 16.4 Å². The lowest BCUT2D eigenvalue weighted by Crippen LogP contribution is -2.54. The number of nitrogens with zero attached hydrogens (tertiary/aromatic N) is 3. The molecule has 55 heavy (non-hydrogen) atoms. The molecule has 288 valence electrons. The topological polar surface area (TPSA) is 150 Å². The number of nitrogens with one attached hydrogen (secondary N) is 1. The van der Waals surface area contributed by atoms with Gasteiger partial charge in [-0.3, -0.25) is 0 Å². The van der Waals surface area contributed by atoms with E-state index in [2.05, 4.69) is 10.8 Å². The summed E-state index contributed by atoms with van der Waals surface area (Å²) >= 11 is 0. The van der Waals surface area contributed by atoms with Crippen LogP contribution in [0.1, 0.15) is 67.7 Å². The molecule has 0 saturated carbocycles. The molecular weight excluding hydrogens is 740 g/mol. The van der Waals surface area contributed by atoms with E-state index in [1.807, 2.05) is 66.7 Å². The van der Waals surface area contributed by atoms with Gasteiger partial charge in [-0.1, -0.05) is 66.7 Å². The number of hydrogen-bond donors (Lipinski definition) is 1. The third-order valence-corrected chi connectivity index (χ3v) is 14.8. The molecule has 2 aliphatic heterocycles. The van der Waals surface area contributed by atoms with Crippen molar-refractivity contribution in [2.75, 3.05) is 33.0 Å². The molecule has 0 bridgehead atoms. The Morgan fingerprint density at radius 2 is 1.33 bits per heavy atom. The molecule has 5 atom stereocenters. The Kier molecular flexibility index (Phi) is 12.5. The Labute approximate surface area is 323 Å². The van der Waals surface area contributed by atoms with Crippen LogP contribution in [0.3, 0.4) is 0 Å². The van der Waals surface area contributed by atoms with Crippen LogP contribution in [-0.4, -0.2) is 76.7 Å². The summed E-state index contributed by atoms with van der Waals surface area (Å²) in [7, 11) is -7.97. The molecule has 0 aliphatic carbocycles. The van der Waals surface area contributed by atoms with E-state index in [1.54, 1.807) is 39.0 Å². The van der Waals surface area contributed by atoms with Gasteiger partial charge in [0.1, 0.15) is 5.82 Å². The summed E-state index contributed by atoms with van der Waals surface area (Å²) in [6, 6.07) is 29.7. The van der Waals surface area contributed by atoms with E-state index in [9.17, 15) is 26.5 Å². The highest BCUT2D eigenvalue weighted by molar-refractivity contribution is 7.90. The van der Waals surface area contributed by atoms with Crippen molar-refractivity contribution in [1.82, 2.24) is 9.03 Å². The van der Waals surface area contributed by atoms with Crippen LogP contribution < -0.4 is 4.72 Å². The first-order valence-electron chi connectivity index (χ1n) is 18.4. The van der Waals surface area contributed by atoms with Crippen molar-refractivity contribution >= 4 is 20.0 Å². The second-order valence-electron chi connectivity index (χ2n) is 14.5. The lowest BCUT2D eigenvalue weighted by atomic mass is 9.87.